The highest BCUT2D eigenvalue weighted by atomic mass is 16.4. The Kier molecular flexibility index (Phi) is 4.85. The Bertz CT molecular complexity index is 1230. The largest absolute Gasteiger partial charge is 0.414 e. The average molecular weight is 409 g/mol. The summed E-state index contributed by atoms with van der Waals surface area (Å²) < 4.78 is 5.75. The van der Waals surface area contributed by atoms with E-state index in [1.54, 1.807) is 62.8 Å². The highest BCUT2D eigenvalue weighted by Crippen LogP contribution is 2.28. The number of nitrogens with zero attached hydrogens (tertiary/aromatic N) is 5. The fraction of sp³-hybridized carbons (Fsp3) is 0.0952. The van der Waals surface area contributed by atoms with Crippen LogP contribution in [-0.4, -0.2) is 45.1 Å². The molecule has 2 heterocycles. The molecule has 0 radical (unpaired) electrons. The molecule has 0 spiro atoms. The molecule has 30 heavy (non-hydrogen) atoms. The van der Waals surface area contributed by atoms with Gasteiger partial charge < -0.3 is 20.8 Å². The smallest absolute Gasteiger partial charge is 0.270 e. The molecular formula is C21H27N7O2. The first-order valence-corrected chi connectivity index (χ1v) is 9.07. The Labute approximate surface area is 178 Å². The van der Waals surface area contributed by atoms with Gasteiger partial charge in [-0.2, -0.15) is 0 Å². The van der Waals surface area contributed by atoms with Crippen molar-refractivity contribution in [1.82, 2.24) is 25.1 Å². The molecule has 0 atom stereocenters. The van der Waals surface area contributed by atoms with Gasteiger partial charge in [-0.25, -0.2) is 9.97 Å². The molecule has 4 N–H and O–H groups in total. The summed E-state index contributed by atoms with van der Waals surface area (Å²) in [5.74, 6) is 0.542. The van der Waals surface area contributed by atoms with E-state index in [0.717, 1.165) is 5.56 Å². The highest BCUT2D eigenvalue weighted by Gasteiger charge is 2.17. The third-order valence-corrected chi connectivity index (χ3v) is 4.40. The second kappa shape index (κ2) is 7.63. The van der Waals surface area contributed by atoms with Crippen LogP contribution in [0.25, 0.3) is 34.3 Å². The van der Waals surface area contributed by atoms with Crippen molar-refractivity contribution in [1.29, 1.82) is 0 Å². The molecule has 4 rings (SSSR count). The lowest BCUT2D eigenvalue weighted by Gasteiger charge is -2.10. The number of hydrogen-bond donors (Lipinski definition) is 2. The van der Waals surface area contributed by atoms with Crippen molar-refractivity contribution in [3.05, 3.63) is 60.3 Å². The molecule has 0 fully saturated rings. The number of anilines is 2. The van der Waals surface area contributed by atoms with Crippen molar-refractivity contribution in [3.8, 4) is 34.3 Å². The number of hydrogen-bond acceptors (Lipinski definition) is 8. The van der Waals surface area contributed by atoms with E-state index in [2.05, 4.69) is 20.2 Å². The number of rotatable bonds is 4. The fourth-order valence-electron chi connectivity index (χ4n) is 2.84. The van der Waals surface area contributed by atoms with Crippen molar-refractivity contribution in [3.63, 3.8) is 0 Å². The van der Waals surface area contributed by atoms with Gasteiger partial charge in [-0.05, 0) is 30.3 Å². The molecule has 0 aliphatic heterocycles. The summed E-state index contributed by atoms with van der Waals surface area (Å²) in [6.45, 7) is 0. The van der Waals surface area contributed by atoms with E-state index in [0.29, 0.717) is 28.4 Å². The Morgan fingerprint density at radius 1 is 1.00 bits per heavy atom. The van der Waals surface area contributed by atoms with Crippen LogP contribution in [0.4, 0.5) is 11.5 Å². The molecular weight excluding hydrogens is 382 g/mol. The van der Waals surface area contributed by atoms with Crippen LogP contribution >= 0.6 is 0 Å². The fourth-order valence-corrected chi connectivity index (χ4v) is 2.84. The average Bonchev–Trinajstić information content (AvgIpc) is 3.24. The van der Waals surface area contributed by atoms with E-state index < -0.39 is 0 Å². The summed E-state index contributed by atoms with van der Waals surface area (Å²) in [6, 6.07) is 14.2. The summed E-state index contributed by atoms with van der Waals surface area (Å²) >= 11 is 0. The molecule has 0 saturated heterocycles. The van der Waals surface area contributed by atoms with E-state index in [-0.39, 0.29) is 29.0 Å². The van der Waals surface area contributed by atoms with Crippen molar-refractivity contribution in [2.24, 2.45) is 0 Å². The second-order valence-electron chi connectivity index (χ2n) is 6.80. The zero-order chi connectivity index (χ0) is 21.3. The zero-order valence-corrected chi connectivity index (χ0v) is 16.4. The van der Waals surface area contributed by atoms with Gasteiger partial charge in [0.15, 0.2) is 11.5 Å². The van der Waals surface area contributed by atoms with E-state index in [4.69, 9.17) is 15.9 Å². The summed E-state index contributed by atoms with van der Waals surface area (Å²) in [5, 5.41) is 8.11. The van der Waals surface area contributed by atoms with Gasteiger partial charge in [-0.15, -0.1) is 10.2 Å². The van der Waals surface area contributed by atoms with Gasteiger partial charge in [0.2, 0.25) is 5.89 Å². The maximum atomic E-state index is 12.1. The summed E-state index contributed by atoms with van der Waals surface area (Å²) in [6.07, 6.45) is 1.55. The predicted molar refractivity (Wildman–Crippen MR) is 121 cm³/mol. The topological polar surface area (TPSA) is 137 Å². The SMILES string of the molecule is CN(C)C(=O)c1ccc(-c2cnc(N)c(-c3nnc(-c4cccc(N)c4)o3)n2)cc1.[HH].[HH].[HH].[HH]. The maximum absolute atomic E-state index is 12.1. The van der Waals surface area contributed by atoms with Gasteiger partial charge in [0.05, 0.1) is 11.9 Å². The highest BCUT2D eigenvalue weighted by molar-refractivity contribution is 5.94. The minimum absolute atomic E-state index is 0. The molecule has 2 aromatic heterocycles. The normalized spacial score (nSPS) is 10.7. The zero-order valence-electron chi connectivity index (χ0n) is 16.4. The number of carbonyl (C=O) groups excluding carboxylic acids is 1. The third kappa shape index (κ3) is 3.68. The van der Waals surface area contributed by atoms with E-state index in [9.17, 15) is 4.79 Å². The molecule has 0 aliphatic rings. The first-order valence-electron chi connectivity index (χ1n) is 9.07. The quantitative estimate of drug-likeness (QED) is 0.487. The van der Waals surface area contributed by atoms with Gasteiger partial charge >= 0.3 is 0 Å². The van der Waals surface area contributed by atoms with Crippen molar-refractivity contribution >= 4 is 17.4 Å². The molecule has 0 saturated carbocycles. The molecule has 0 unspecified atom stereocenters. The van der Waals surface area contributed by atoms with Gasteiger partial charge in [-0.3, -0.25) is 4.79 Å². The third-order valence-electron chi connectivity index (χ3n) is 4.40. The number of amides is 1. The van der Waals surface area contributed by atoms with Crippen molar-refractivity contribution < 1.29 is 14.9 Å². The Morgan fingerprint density at radius 2 is 1.73 bits per heavy atom. The number of benzene rings is 2. The standard InChI is InChI=1S/C21H19N7O2.4H2/c1-28(2)21(29)13-8-6-12(7-9-13)16-11-24-18(23)17(25-16)20-27-26-19(30-20)14-4-3-5-15(22)10-14;;;;/h3-11H,22H2,1-2H3,(H2,23,24);4*1H. The molecule has 0 aliphatic carbocycles. The van der Waals surface area contributed by atoms with Crippen LogP contribution in [0.2, 0.25) is 0 Å². The van der Waals surface area contributed by atoms with Crippen LogP contribution in [0.5, 0.6) is 0 Å². The van der Waals surface area contributed by atoms with Crippen LogP contribution in [-0.2, 0) is 0 Å². The van der Waals surface area contributed by atoms with Gasteiger partial charge in [0.25, 0.3) is 11.8 Å². The lowest BCUT2D eigenvalue weighted by molar-refractivity contribution is 0.0827. The van der Waals surface area contributed by atoms with Crippen molar-refractivity contribution in [2.45, 2.75) is 0 Å². The van der Waals surface area contributed by atoms with E-state index in [1.807, 2.05) is 6.07 Å². The molecule has 9 nitrogen and oxygen atoms in total. The molecule has 2 aromatic carbocycles. The van der Waals surface area contributed by atoms with Crippen LogP contribution in [0.1, 0.15) is 16.1 Å². The number of nitrogens with two attached hydrogens (primary N) is 2. The Morgan fingerprint density at radius 3 is 2.43 bits per heavy atom. The van der Waals surface area contributed by atoms with Gasteiger partial charge in [0.1, 0.15) is 0 Å². The van der Waals surface area contributed by atoms with Crippen LogP contribution in [0.3, 0.4) is 0 Å². The lowest BCUT2D eigenvalue weighted by atomic mass is 10.1. The summed E-state index contributed by atoms with van der Waals surface area (Å²) in [5.41, 5.74) is 15.3. The second-order valence-corrected chi connectivity index (χ2v) is 6.80. The van der Waals surface area contributed by atoms with Gasteiger partial charge in [-0.1, -0.05) is 18.2 Å². The molecule has 4 aromatic rings. The maximum Gasteiger partial charge on any atom is 0.270 e. The summed E-state index contributed by atoms with van der Waals surface area (Å²) in [7, 11) is 3.41. The minimum Gasteiger partial charge on any atom is -0.414 e. The van der Waals surface area contributed by atoms with Crippen LogP contribution in [0, 0.1) is 0 Å². The molecule has 158 valence electrons. The van der Waals surface area contributed by atoms with Gasteiger partial charge in [0, 0.05) is 42.2 Å². The molecule has 1 amide bonds. The first-order chi connectivity index (χ1) is 14.4. The number of nitrogen functional groups attached to an aromatic ring is 2. The van der Waals surface area contributed by atoms with Crippen LogP contribution < -0.4 is 11.5 Å². The molecule has 9 heteroatoms. The Balaban J connectivity index is 0.00000272. The number of aromatic nitrogens is 4. The Hall–Kier alpha value is -4.27. The van der Waals surface area contributed by atoms with E-state index in [1.165, 1.54) is 4.90 Å². The molecule has 0 bridgehead atoms. The summed E-state index contributed by atoms with van der Waals surface area (Å²) in [4.78, 5) is 22.3. The lowest BCUT2D eigenvalue weighted by Crippen LogP contribution is -2.21. The predicted octanol–water partition coefficient (Wildman–Crippen LogP) is 3.71. The monoisotopic (exact) mass is 409 g/mol. The minimum atomic E-state index is -0.0782. The van der Waals surface area contributed by atoms with E-state index >= 15 is 0 Å². The van der Waals surface area contributed by atoms with Crippen molar-refractivity contribution in [2.75, 3.05) is 25.6 Å². The van der Waals surface area contributed by atoms with Crippen LogP contribution in [0.15, 0.2) is 59.1 Å². The number of carbonyl (C=O) groups is 1. The first kappa shape index (κ1) is 19.1.